The first kappa shape index (κ1) is 11.1. The summed E-state index contributed by atoms with van der Waals surface area (Å²) in [5.74, 6) is 0.00694. The van der Waals surface area contributed by atoms with E-state index in [1.165, 1.54) is 0 Å². The van der Waals surface area contributed by atoms with Crippen molar-refractivity contribution in [2.75, 3.05) is 6.54 Å². The first-order valence-corrected chi connectivity index (χ1v) is 5.67. The molecule has 1 aromatic heterocycles. The van der Waals surface area contributed by atoms with Gasteiger partial charge in [-0.05, 0) is 12.8 Å². The van der Waals surface area contributed by atoms with Gasteiger partial charge in [0.05, 0.1) is 16.7 Å². The Bertz CT molecular complexity index is 386. The maximum absolute atomic E-state index is 12.1. The van der Waals surface area contributed by atoms with E-state index in [4.69, 9.17) is 18.0 Å². The van der Waals surface area contributed by atoms with E-state index in [1.54, 1.807) is 12.4 Å². The Balaban J connectivity index is 2.01. The van der Waals surface area contributed by atoms with Gasteiger partial charge in [0, 0.05) is 25.2 Å². The van der Waals surface area contributed by atoms with Gasteiger partial charge in [-0.3, -0.25) is 9.89 Å². The fraction of sp³-hybridized carbons (Fsp3) is 0.500. The van der Waals surface area contributed by atoms with E-state index >= 15 is 0 Å². The molecule has 1 saturated carbocycles. The lowest BCUT2D eigenvalue weighted by Crippen LogP contribution is -2.35. The van der Waals surface area contributed by atoms with Crippen LogP contribution in [0.15, 0.2) is 12.4 Å². The van der Waals surface area contributed by atoms with E-state index < -0.39 is 0 Å². The molecule has 3 N–H and O–H groups in total. The van der Waals surface area contributed by atoms with Crippen LogP contribution in [-0.2, 0) is 0 Å². The number of carbonyl (C=O) groups excluding carboxylic acids is 1. The van der Waals surface area contributed by atoms with Crippen molar-refractivity contribution in [1.82, 2.24) is 15.1 Å². The molecule has 86 valence electrons. The smallest absolute Gasteiger partial charge is 0.257 e. The highest BCUT2D eigenvalue weighted by Crippen LogP contribution is 2.28. The number of rotatable bonds is 5. The highest BCUT2D eigenvalue weighted by atomic mass is 32.1. The molecule has 0 spiro atoms. The summed E-state index contributed by atoms with van der Waals surface area (Å²) in [4.78, 5) is 14.4. The van der Waals surface area contributed by atoms with Gasteiger partial charge >= 0.3 is 0 Å². The number of nitrogens with zero attached hydrogens (tertiary/aromatic N) is 2. The summed E-state index contributed by atoms with van der Waals surface area (Å²) < 4.78 is 0. The molecule has 0 radical (unpaired) electrons. The molecule has 1 aliphatic carbocycles. The molecule has 16 heavy (non-hydrogen) atoms. The summed E-state index contributed by atoms with van der Waals surface area (Å²) in [6.45, 7) is 0.601. The predicted molar refractivity (Wildman–Crippen MR) is 64.0 cm³/mol. The number of nitrogens with one attached hydrogen (secondary N) is 1. The summed E-state index contributed by atoms with van der Waals surface area (Å²) in [7, 11) is 0. The molecule has 0 bridgehead atoms. The number of amides is 1. The first-order valence-electron chi connectivity index (χ1n) is 5.26. The Hall–Kier alpha value is -1.43. The van der Waals surface area contributed by atoms with Crippen LogP contribution in [0.4, 0.5) is 0 Å². The molecule has 0 atom stereocenters. The molecule has 1 aliphatic rings. The summed E-state index contributed by atoms with van der Waals surface area (Å²) in [5.41, 5.74) is 6.05. The largest absolute Gasteiger partial charge is 0.393 e. The molecule has 0 saturated heterocycles. The average Bonchev–Trinajstić information content (AvgIpc) is 2.93. The molecule has 0 aromatic carbocycles. The lowest BCUT2D eigenvalue weighted by molar-refractivity contribution is 0.0748. The monoisotopic (exact) mass is 238 g/mol. The van der Waals surface area contributed by atoms with Gasteiger partial charge in [-0.15, -0.1) is 0 Å². The van der Waals surface area contributed by atoms with Crippen LogP contribution in [0.2, 0.25) is 0 Å². The third-order valence-electron chi connectivity index (χ3n) is 2.59. The van der Waals surface area contributed by atoms with E-state index in [-0.39, 0.29) is 5.91 Å². The van der Waals surface area contributed by atoms with Gasteiger partial charge in [0.1, 0.15) is 0 Å². The van der Waals surface area contributed by atoms with Crippen molar-refractivity contribution in [3.63, 3.8) is 0 Å². The van der Waals surface area contributed by atoms with Crippen LogP contribution in [0.3, 0.4) is 0 Å². The number of H-pyrrole nitrogens is 1. The second-order valence-corrected chi connectivity index (χ2v) is 4.46. The zero-order valence-corrected chi connectivity index (χ0v) is 9.67. The lowest BCUT2D eigenvalue weighted by Gasteiger charge is -2.21. The fourth-order valence-electron chi connectivity index (χ4n) is 1.60. The molecule has 0 aliphatic heterocycles. The Morgan fingerprint density at radius 1 is 1.69 bits per heavy atom. The van der Waals surface area contributed by atoms with Gasteiger partial charge in [0.25, 0.3) is 5.91 Å². The van der Waals surface area contributed by atoms with E-state index in [0.29, 0.717) is 29.6 Å². The Morgan fingerprint density at radius 3 is 2.94 bits per heavy atom. The molecule has 1 fully saturated rings. The minimum atomic E-state index is 0.00694. The molecular weight excluding hydrogens is 224 g/mol. The Labute approximate surface area is 99.0 Å². The lowest BCUT2D eigenvalue weighted by atomic mass is 10.2. The Morgan fingerprint density at radius 2 is 2.44 bits per heavy atom. The normalized spacial score (nSPS) is 14.8. The molecule has 2 rings (SSSR count). The van der Waals surface area contributed by atoms with Crippen molar-refractivity contribution in [3.05, 3.63) is 18.0 Å². The Kier molecular flexibility index (Phi) is 3.19. The third kappa shape index (κ3) is 2.57. The van der Waals surface area contributed by atoms with Gasteiger partial charge in [0.2, 0.25) is 0 Å². The van der Waals surface area contributed by atoms with Crippen LogP contribution in [0.1, 0.15) is 29.6 Å². The minimum absolute atomic E-state index is 0.00694. The maximum Gasteiger partial charge on any atom is 0.257 e. The summed E-state index contributed by atoms with van der Waals surface area (Å²) in [6.07, 6.45) is 5.87. The fourth-order valence-corrected chi connectivity index (χ4v) is 1.69. The second-order valence-electron chi connectivity index (χ2n) is 3.93. The van der Waals surface area contributed by atoms with Gasteiger partial charge in [-0.25, -0.2) is 0 Å². The number of nitrogens with two attached hydrogens (primary N) is 1. The molecule has 1 amide bonds. The van der Waals surface area contributed by atoms with Crippen LogP contribution in [0.25, 0.3) is 0 Å². The zero-order chi connectivity index (χ0) is 11.5. The van der Waals surface area contributed by atoms with Gasteiger partial charge in [0.15, 0.2) is 0 Å². The van der Waals surface area contributed by atoms with Crippen LogP contribution in [0, 0.1) is 0 Å². The molecular formula is C10H14N4OS. The van der Waals surface area contributed by atoms with Crippen LogP contribution < -0.4 is 5.73 Å². The van der Waals surface area contributed by atoms with Gasteiger partial charge in [-0.1, -0.05) is 12.2 Å². The molecule has 6 heteroatoms. The maximum atomic E-state index is 12.1. The van der Waals surface area contributed by atoms with Crippen molar-refractivity contribution >= 4 is 23.1 Å². The number of aromatic amines is 1. The summed E-state index contributed by atoms with van der Waals surface area (Å²) in [6, 6.07) is 0.358. The quantitative estimate of drug-likeness (QED) is 0.740. The summed E-state index contributed by atoms with van der Waals surface area (Å²) in [5, 5.41) is 6.42. The number of carbonyl (C=O) groups is 1. The highest BCUT2D eigenvalue weighted by molar-refractivity contribution is 7.80. The third-order valence-corrected chi connectivity index (χ3v) is 2.80. The molecule has 1 aromatic rings. The average molecular weight is 238 g/mol. The van der Waals surface area contributed by atoms with Crippen molar-refractivity contribution < 1.29 is 4.79 Å². The van der Waals surface area contributed by atoms with Crippen molar-refractivity contribution in [2.45, 2.75) is 25.3 Å². The van der Waals surface area contributed by atoms with E-state index in [9.17, 15) is 4.79 Å². The number of thiocarbonyl (C=S) groups is 1. The number of hydrogen-bond donors (Lipinski definition) is 2. The van der Waals surface area contributed by atoms with Gasteiger partial charge < -0.3 is 10.6 Å². The minimum Gasteiger partial charge on any atom is -0.393 e. The van der Waals surface area contributed by atoms with E-state index in [0.717, 1.165) is 12.8 Å². The first-order chi connectivity index (χ1) is 7.68. The van der Waals surface area contributed by atoms with E-state index in [1.807, 2.05) is 4.90 Å². The second kappa shape index (κ2) is 4.61. The van der Waals surface area contributed by atoms with Gasteiger partial charge in [-0.2, -0.15) is 5.10 Å². The molecule has 5 nitrogen and oxygen atoms in total. The summed E-state index contributed by atoms with van der Waals surface area (Å²) >= 11 is 4.83. The standard InChI is InChI=1S/C10H14N4OS/c11-9(16)3-4-14(8-1-2-8)10(15)7-5-12-13-6-7/h5-6,8H,1-4H2,(H2,11,16)(H,12,13). The van der Waals surface area contributed by atoms with Crippen molar-refractivity contribution in [2.24, 2.45) is 5.73 Å². The topological polar surface area (TPSA) is 75.0 Å². The van der Waals surface area contributed by atoms with Crippen molar-refractivity contribution in [1.29, 1.82) is 0 Å². The van der Waals surface area contributed by atoms with E-state index in [2.05, 4.69) is 10.2 Å². The molecule has 1 heterocycles. The SMILES string of the molecule is NC(=S)CCN(C(=O)c1cn[nH]c1)C1CC1. The molecule has 0 unspecified atom stereocenters. The van der Waals surface area contributed by atoms with Crippen LogP contribution >= 0.6 is 12.2 Å². The van der Waals surface area contributed by atoms with Crippen molar-refractivity contribution in [3.8, 4) is 0 Å². The number of aromatic nitrogens is 2. The highest BCUT2D eigenvalue weighted by Gasteiger charge is 2.32. The predicted octanol–water partition coefficient (Wildman–Crippen LogP) is 0.690. The zero-order valence-electron chi connectivity index (χ0n) is 8.85. The van der Waals surface area contributed by atoms with Crippen LogP contribution in [0.5, 0.6) is 0 Å². The van der Waals surface area contributed by atoms with Crippen LogP contribution in [-0.4, -0.2) is 38.6 Å². The number of hydrogen-bond acceptors (Lipinski definition) is 3.